The summed E-state index contributed by atoms with van der Waals surface area (Å²) in [5.41, 5.74) is 1.34. The van der Waals surface area contributed by atoms with Gasteiger partial charge in [-0.25, -0.2) is 0 Å². The molecule has 2 bridgehead atoms. The Kier molecular flexibility index (Phi) is 4.40. The zero-order valence-corrected chi connectivity index (χ0v) is 15.0. The molecule has 6 nitrogen and oxygen atoms in total. The molecule has 3 heterocycles. The number of hydrogen-bond donors (Lipinski definition) is 0. The zero-order chi connectivity index (χ0) is 17.5. The molecule has 0 aliphatic carbocycles. The maximum Gasteiger partial charge on any atom is 0.314 e. The van der Waals surface area contributed by atoms with E-state index in [4.69, 9.17) is 4.74 Å². The molecule has 132 valence electrons. The molecule has 1 aromatic heterocycles. The predicted octanol–water partition coefficient (Wildman–Crippen LogP) is 1.99. The Hall–Kier alpha value is -1.85. The number of carbonyl (C=O) groups is 2. The van der Waals surface area contributed by atoms with Crippen LogP contribution in [0, 0.1) is 12.3 Å². The van der Waals surface area contributed by atoms with Gasteiger partial charge in [0, 0.05) is 30.9 Å². The van der Waals surface area contributed by atoms with Gasteiger partial charge >= 0.3 is 5.97 Å². The molecule has 0 aromatic carbocycles. The maximum absolute atomic E-state index is 13.0. The number of aromatic nitrogens is 2. The Morgan fingerprint density at radius 3 is 2.71 bits per heavy atom. The first kappa shape index (κ1) is 17.0. The molecule has 6 heteroatoms. The van der Waals surface area contributed by atoms with Crippen molar-refractivity contribution >= 4 is 11.9 Å². The fraction of sp³-hybridized carbons (Fsp3) is 0.722. The lowest BCUT2D eigenvalue weighted by Crippen LogP contribution is -2.46. The van der Waals surface area contributed by atoms with Gasteiger partial charge in [-0.1, -0.05) is 6.92 Å². The minimum absolute atomic E-state index is 0.0176. The Balaban J connectivity index is 1.81. The quantitative estimate of drug-likeness (QED) is 0.773. The molecule has 3 rings (SSSR count). The summed E-state index contributed by atoms with van der Waals surface area (Å²) < 4.78 is 7.09. The minimum Gasteiger partial charge on any atom is -0.466 e. The van der Waals surface area contributed by atoms with Crippen molar-refractivity contribution in [2.45, 2.75) is 65.0 Å². The normalized spacial score (nSPS) is 28.4. The second kappa shape index (κ2) is 6.22. The first-order chi connectivity index (χ1) is 11.4. The number of carbonyl (C=O) groups excluding carboxylic acids is 2. The van der Waals surface area contributed by atoms with Gasteiger partial charge in [0.25, 0.3) is 0 Å². The zero-order valence-electron chi connectivity index (χ0n) is 15.0. The van der Waals surface area contributed by atoms with Crippen molar-refractivity contribution < 1.29 is 14.3 Å². The van der Waals surface area contributed by atoms with Crippen molar-refractivity contribution in [1.82, 2.24) is 14.7 Å². The number of amides is 1. The van der Waals surface area contributed by atoms with E-state index in [-0.39, 0.29) is 24.0 Å². The lowest BCUT2D eigenvalue weighted by Gasteiger charge is -2.34. The highest BCUT2D eigenvalue weighted by molar-refractivity contribution is 5.85. The van der Waals surface area contributed by atoms with E-state index in [2.05, 4.69) is 5.10 Å². The highest BCUT2D eigenvalue weighted by Gasteiger charge is 2.60. The average Bonchev–Trinajstić information content (AvgIpc) is 3.19. The maximum atomic E-state index is 13.0. The molecule has 2 fully saturated rings. The van der Waals surface area contributed by atoms with E-state index in [1.54, 1.807) is 4.68 Å². The van der Waals surface area contributed by atoms with Gasteiger partial charge in [-0.15, -0.1) is 0 Å². The van der Waals surface area contributed by atoms with Crippen molar-refractivity contribution in [3.05, 3.63) is 17.5 Å². The Morgan fingerprint density at radius 1 is 1.38 bits per heavy atom. The summed E-state index contributed by atoms with van der Waals surface area (Å²) in [5, 5.41) is 4.31. The summed E-state index contributed by atoms with van der Waals surface area (Å²) in [6.45, 7) is 6.19. The standard InChI is InChI=1S/C18H27N3O3/c1-5-18(17(23)24-6-2)10-14-7-8-15(18)21(14)16(22)9-13-11-20(4)19-12(13)3/h11,14-15H,5-10H2,1-4H3/t14-,15+,18+/m1/s1. The molecule has 2 aliphatic heterocycles. The Labute approximate surface area is 143 Å². The number of esters is 1. The summed E-state index contributed by atoms with van der Waals surface area (Å²) in [6.07, 6.45) is 5.62. The third-order valence-corrected chi connectivity index (χ3v) is 5.80. The second-order valence-electron chi connectivity index (χ2n) is 7.07. The summed E-state index contributed by atoms with van der Waals surface area (Å²) in [5.74, 6) is -0.0201. The molecule has 0 N–H and O–H groups in total. The number of hydrogen-bond acceptors (Lipinski definition) is 4. The Bertz CT molecular complexity index is 654. The fourth-order valence-corrected chi connectivity index (χ4v) is 4.65. The van der Waals surface area contributed by atoms with Crippen LogP contribution in [0.2, 0.25) is 0 Å². The van der Waals surface area contributed by atoms with Crippen molar-refractivity contribution in [2.75, 3.05) is 6.61 Å². The molecule has 0 radical (unpaired) electrons. The van der Waals surface area contributed by atoms with Crippen LogP contribution in [0.4, 0.5) is 0 Å². The number of rotatable bonds is 5. The average molecular weight is 333 g/mol. The van der Waals surface area contributed by atoms with Crippen molar-refractivity contribution in [3.63, 3.8) is 0 Å². The summed E-state index contributed by atoms with van der Waals surface area (Å²) >= 11 is 0. The van der Waals surface area contributed by atoms with Gasteiger partial charge in [-0.2, -0.15) is 5.10 Å². The highest BCUT2D eigenvalue weighted by atomic mass is 16.5. The van der Waals surface area contributed by atoms with Crippen LogP contribution in [-0.4, -0.2) is 45.2 Å². The lowest BCUT2D eigenvalue weighted by atomic mass is 9.72. The van der Waals surface area contributed by atoms with Gasteiger partial charge < -0.3 is 9.64 Å². The molecule has 2 aliphatic rings. The number of aryl methyl sites for hydroxylation is 2. The van der Waals surface area contributed by atoms with Gasteiger partial charge in [0.15, 0.2) is 0 Å². The predicted molar refractivity (Wildman–Crippen MR) is 89.3 cm³/mol. The summed E-state index contributed by atoms with van der Waals surface area (Å²) in [4.78, 5) is 27.5. The number of nitrogens with zero attached hydrogens (tertiary/aromatic N) is 3. The van der Waals surface area contributed by atoms with E-state index in [1.165, 1.54) is 0 Å². The van der Waals surface area contributed by atoms with Crippen LogP contribution >= 0.6 is 0 Å². The van der Waals surface area contributed by atoms with E-state index in [1.807, 2.05) is 38.9 Å². The van der Waals surface area contributed by atoms with Gasteiger partial charge in [-0.05, 0) is 39.5 Å². The second-order valence-corrected chi connectivity index (χ2v) is 7.07. The largest absolute Gasteiger partial charge is 0.466 e. The first-order valence-electron chi connectivity index (χ1n) is 8.90. The smallest absolute Gasteiger partial charge is 0.314 e. The van der Waals surface area contributed by atoms with Gasteiger partial charge in [0.05, 0.1) is 24.1 Å². The third-order valence-electron chi connectivity index (χ3n) is 5.80. The molecule has 2 saturated heterocycles. The topological polar surface area (TPSA) is 64.4 Å². The molecular formula is C18H27N3O3. The summed E-state index contributed by atoms with van der Waals surface area (Å²) in [6, 6.07) is 0.153. The van der Waals surface area contributed by atoms with Crippen molar-refractivity contribution in [3.8, 4) is 0 Å². The lowest BCUT2D eigenvalue weighted by molar-refractivity contribution is -0.158. The third kappa shape index (κ3) is 2.52. The van der Waals surface area contributed by atoms with Gasteiger partial charge in [-0.3, -0.25) is 14.3 Å². The molecule has 3 atom stereocenters. The van der Waals surface area contributed by atoms with Gasteiger partial charge in [0.1, 0.15) is 0 Å². The molecule has 1 aromatic rings. The monoisotopic (exact) mass is 333 g/mol. The van der Waals surface area contributed by atoms with Crippen LogP contribution in [0.25, 0.3) is 0 Å². The van der Waals surface area contributed by atoms with Crippen molar-refractivity contribution in [1.29, 1.82) is 0 Å². The Morgan fingerprint density at radius 2 is 2.12 bits per heavy atom. The van der Waals surface area contributed by atoms with Crippen LogP contribution in [0.1, 0.15) is 50.8 Å². The van der Waals surface area contributed by atoms with Crippen LogP contribution in [-0.2, 0) is 27.8 Å². The molecule has 0 unspecified atom stereocenters. The highest BCUT2D eigenvalue weighted by Crippen LogP contribution is 2.52. The van der Waals surface area contributed by atoms with E-state index >= 15 is 0 Å². The number of ether oxygens (including phenoxy) is 1. The molecular weight excluding hydrogens is 306 g/mol. The number of fused-ring (bicyclic) bond motifs is 2. The van der Waals surface area contributed by atoms with E-state index in [0.717, 1.165) is 36.9 Å². The van der Waals surface area contributed by atoms with Crippen LogP contribution in [0.3, 0.4) is 0 Å². The van der Waals surface area contributed by atoms with Crippen LogP contribution < -0.4 is 0 Å². The summed E-state index contributed by atoms with van der Waals surface area (Å²) in [7, 11) is 1.86. The molecule has 0 spiro atoms. The van der Waals surface area contributed by atoms with E-state index in [0.29, 0.717) is 13.0 Å². The minimum atomic E-state index is -0.515. The van der Waals surface area contributed by atoms with Crippen LogP contribution in [0.5, 0.6) is 0 Å². The SMILES string of the molecule is CCOC(=O)[C@@]1(CC)C[C@H]2CC[C@@H]1N2C(=O)Cc1cn(C)nc1C. The van der Waals surface area contributed by atoms with E-state index < -0.39 is 5.41 Å². The van der Waals surface area contributed by atoms with Crippen molar-refractivity contribution in [2.24, 2.45) is 12.5 Å². The first-order valence-corrected chi connectivity index (χ1v) is 8.90. The van der Waals surface area contributed by atoms with Gasteiger partial charge in [0.2, 0.25) is 5.91 Å². The molecule has 0 saturated carbocycles. The van der Waals surface area contributed by atoms with E-state index in [9.17, 15) is 9.59 Å². The molecule has 24 heavy (non-hydrogen) atoms. The fourth-order valence-electron chi connectivity index (χ4n) is 4.65. The van der Waals surface area contributed by atoms with Crippen LogP contribution in [0.15, 0.2) is 6.20 Å². The molecule has 1 amide bonds.